The van der Waals surface area contributed by atoms with Gasteiger partial charge >= 0.3 is 0 Å². The molecule has 0 bridgehead atoms. The Hall–Kier alpha value is -2.01. The summed E-state index contributed by atoms with van der Waals surface area (Å²) >= 11 is 1.64. The highest BCUT2D eigenvalue weighted by molar-refractivity contribution is 7.99. The van der Waals surface area contributed by atoms with Gasteiger partial charge in [-0.1, -0.05) is 12.1 Å². The molecule has 5 heteroatoms. The molecule has 24 heavy (non-hydrogen) atoms. The first-order valence-electron chi connectivity index (χ1n) is 7.94. The predicted octanol–water partition coefficient (Wildman–Crippen LogP) is 4.20. The van der Waals surface area contributed by atoms with E-state index in [4.69, 9.17) is 4.74 Å². The molecular weight excluding hydrogens is 325 g/mol. The first kappa shape index (κ1) is 18.3. The van der Waals surface area contributed by atoms with Crippen molar-refractivity contribution in [1.82, 2.24) is 5.32 Å². The van der Waals surface area contributed by atoms with Crippen molar-refractivity contribution in [3.05, 3.63) is 59.9 Å². The van der Waals surface area contributed by atoms with Crippen molar-refractivity contribution in [2.45, 2.75) is 31.3 Å². The minimum atomic E-state index is -0.531. The fraction of sp³-hybridized carbons (Fsp3) is 0.316. The van der Waals surface area contributed by atoms with Gasteiger partial charge in [-0.2, -0.15) is 0 Å². The van der Waals surface area contributed by atoms with Crippen LogP contribution in [0.4, 0.5) is 4.39 Å². The minimum absolute atomic E-state index is 0.122. The van der Waals surface area contributed by atoms with Crippen molar-refractivity contribution < 1.29 is 13.9 Å². The summed E-state index contributed by atoms with van der Waals surface area (Å²) in [7, 11) is 0. The third kappa shape index (κ3) is 6.24. The van der Waals surface area contributed by atoms with E-state index in [1.54, 1.807) is 30.8 Å². The van der Waals surface area contributed by atoms with Crippen LogP contribution < -0.4 is 10.1 Å². The van der Waals surface area contributed by atoms with Crippen molar-refractivity contribution in [1.29, 1.82) is 0 Å². The van der Waals surface area contributed by atoms with Crippen molar-refractivity contribution in [3.63, 3.8) is 0 Å². The Morgan fingerprint density at radius 1 is 1.25 bits per heavy atom. The maximum Gasteiger partial charge on any atom is 0.260 e. The summed E-state index contributed by atoms with van der Waals surface area (Å²) in [5.41, 5.74) is 1.10. The van der Waals surface area contributed by atoms with Gasteiger partial charge in [0, 0.05) is 11.4 Å². The summed E-state index contributed by atoms with van der Waals surface area (Å²) < 4.78 is 18.4. The molecule has 0 spiro atoms. The van der Waals surface area contributed by atoms with E-state index in [9.17, 15) is 9.18 Å². The SMILES string of the molecule is Cc1cccc(OC(C)C(=O)NCCCSc2ccc(F)cc2)c1. The first-order chi connectivity index (χ1) is 11.5. The van der Waals surface area contributed by atoms with Crippen molar-refractivity contribution in [2.75, 3.05) is 12.3 Å². The summed E-state index contributed by atoms with van der Waals surface area (Å²) in [6, 6.07) is 14.1. The number of hydrogen-bond acceptors (Lipinski definition) is 3. The van der Waals surface area contributed by atoms with Crippen LogP contribution in [0, 0.1) is 12.7 Å². The smallest absolute Gasteiger partial charge is 0.260 e. The van der Waals surface area contributed by atoms with Gasteiger partial charge in [0.25, 0.3) is 5.91 Å². The molecule has 0 aliphatic rings. The van der Waals surface area contributed by atoms with Crippen LogP contribution in [0.1, 0.15) is 18.9 Å². The zero-order valence-corrected chi connectivity index (χ0v) is 14.7. The molecule has 128 valence electrons. The van der Waals surface area contributed by atoms with E-state index in [0.717, 1.165) is 22.6 Å². The molecule has 1 N–H and O–H groups in total. The molecule has 2 aromatic carbocycles. The molecule has 1 atom stereocenters. The number of ether oxygens (including phenoxy) is 1. The Balaban J connectivity index is 1.64. The van der Waals surface area contributed by atoms with Gasteiger partial charge in [0.2, 0.25) is 0 Å². The largest absolute Gasteiger partial charge is 0.481 e. The molecule has 0 saturated carbocycles. The number of rotatable bonds is 8. The third-order valence-corrected chi connectivity index (χ3v) is 4.47. The van der Waals surface area contributed by atoms with Gasteiger partial charge in [0.15, 0.2) is 6.10 Å². The van der Waals surface area contributed by atoms with Crippen LogP contribution in [0.5, 0.6) is 5.75 Å². The van der Waals surface area contributed by atoms with Crippen molar-refractivity contribution in [3.8, 4) is 5.75 Å². The van der Waals surface area contributed by atoms with Crippen LogP contribution in [-0.4, -0.2) is 24.3 Å². The average Bonchev–Trinajstić information content (AvgIpc) is 2.56. The van der Waals surface area contributed by atoms with Gasteiger partial charge in [-0.3, -0.25) is 4.79 Å². The molecule has 3 nitrogen and oxygen atoms in total. The van der Waals surface area contributed by atoms with E-state index in [-0.39, 0.29) is 11.7 Å². The number of carbonyl (C=O) groups is 1. The van der Waals surface area contributed by atoms with E-state index in [2.05, 4.69) is 5.32 Å². The van der Waals surface area contributed by atoms with E-state index >= 15 is 0 Å². The molecule has 1 unspecified atom stereocenters. The topological polar surface area (TPSA) is 38.3 Å². The lowest BCUT2D eigenvalue weighted by atomic mass is 10.2. The molecule has 0 saturated heterocycles. The lowest BCUT2D eigenvalue weighted by molar-refractivity contribution is -0.127. The molecule has 0 aromatic heterocycles. The van der Waals surface area contributed by atoms with E-state index in [0.29, 0.717) is 12.3 Å². The zero-order valence-electron chi connectivity index (χ0n) is 13.9. The highest BCUT2D eigenvalue weighted by Crippen LogP contribution is 2.18. The van der Waals surface area contributed by atoms with Gasteiger partial charge in [-0.05, 0) is 68.0 Å². The van der Waals surface area contributed by atoms with Crippen molar-refractivity contribution in [2.24, 2.45) is 0 Å². The number of aryl methyl sites for hydroxylation is 1. The Morgan fingerprint density at radius 2 is 2.00 bits per heavy atom. The zero-order chi connectivity index (χ0) is 17.4. The second kappa shape index (κ2) is 9.33. The summed E-state index contributed by atoms with van der Waals surface area (Å²) in [5.74, 6) is 1.21. The van der Waals surface area contributed by atoms with E-state index < -0.39 is 6.10 Å². The van der Waals surface area contributed by atoms with Crippen LogP contribution in [-0.2, 0) is 4.79 Å². The average molecular weight is 347 g/mol. The number of benzene rings is 2. The lowest BCUT2D eigenvalue weighted by Gasteiger charge is -2.15. The van der Waals surface area contributed by atoms with Gasteiger partial charge in [-0.15, -0.1) is 11.8 Å². The molecule has 0 aliphatic heterocycles. The number of amides is 1. The van der Waals surface area contributed by atoms with E-state index in [1.807, 2.05) is 31.2 Å². The van der Waals surface area contributed by atoms with Crippen LogP contribution in [0.3, 0.4) is 0 Å². The van der Waals surface area contributed by atoms with Crippen LogP contribution in [0.2, 0.25) is 0 Å². The van der Waals surface area contributed by atoms with Gasteiger partial charge < -0.3 is 10.1 Å². The summed E-state index contributed by atoms with van der Waals surface area (Å²) in [6.07, 6.45) is 0.307. The molecule has 0 radical (unpaired) electrons. The molecular formula is C19H22FNO2S. The Bertz CT molecular complexity index is 661. The standard InChI is InChI=1S/C19H22FNO2S/c1-14-5-3-6-17(13-14)23-15(2)19(22)21-11-4-12-24-18-9-7-16(20)8-10-18/h3,5-10,13,15H,4,11-12H2,1-2H3,(H,21,22). The summed E-state index contributed by atoms with van der Waals surface area (Å²) in [4.78, 5) is 13.0. The van der Waals surface area contributed by atoms with E-state index in [1.165, 1.54) is 12.1 Å². The predicted molar refractivity (Wildman–Crippen MR) is 96.0 cm³/mol. The fourth-order valence-electron chi connectivity index (χ4n) is 2.09. The third-order valence-electron chi connectivity index (χ3n) is 3.37. The molecule has 0 fully saturated rings. The molecule has 2 rings (SSSR count). The number of halogens is 1. The summed E-state index contributed by atoms with van der Waals surface area (Å²) in [6.45, 7) is 4.32. The lowest BCUT2D eigenvalue weighted by Crippen LogP contribution is -2.36. The molecule has 2 aromatic rings. The molecule has 1 amide bonds. The van der Waals surface area contributed by atoms with Crippen molar-refractivity contribution >= 4 is 17.7 Å². The quantitative estimate of drug-likeness (QED) is 0.574. The Kier molecular flexibility index (Phi) is 7.12. The maximum absolute atomic E-state index is 12.8. The molecule has 0 aliphatic carbocycles. The first-order valence-corrected chi connectivity index (χ1v) is 8.92. The van der Waals surface area contributed by atoms with Crippen LogP contribution in [0.15, 0.2) is 53.4 Å². The van der Waals surface area contributed by atoms with Crippen LogP contribution in [0.25, 0.3) is 0 Å². The normalized spacial score (nSPS) is 11.8. The maximum atomic E-state index is 12.8. The second-order valence-electron chi connectivity index (χ2n) is 5.52. The minimum Gasteiger partial charge on any atom is -0.481 e. The van der Waals surface area contributed by atoms with Crippen LogP contribution >= 0.6 is 11.8 Å². The second-order valence-corrected chi connectivity index (χ2v) is 6.69. The number of hydrogen-bond donors (Lipinski definition) is 1. The Labute approximate surface area is 146 Å². The number of thioether (sulfide) groups is 1. The highest BCUT2D eigenvalue weighted by atomic mass is 32.2. The molecule has 0 heterocycles. The van der Waals surface area contributed by atoms with Gasteiger partial charge in [-0.25, -0.2) is 4.39 Å². The monoisotopic (exact) mass is 347 g/mol. The Morgan fingerprint density at radius 3 is 2.71 bits per heavy atom. The van der Waals surface area contributed by atoms with Gasteiger partial charge in [0.1, 0.15) is 11.6 Å². The fourth-order valence-corrected chi connectivity index (χ4v) is 2.95. The van der Waals surface area contributed by atoms with Gasteiger partial charge in [0.05, 0.1) is 0 Å². The summed E-state index contributed by atoms with van der Waals surface area (Å²) in [5, 5.41) is 2.88. The number of nitrogens with one attached hydrogen (secondary N) is 1. The number of carbonyl (C=O) groups excluding carboxylic acids is 1. The highest BCUT2D eigenvalue weighted by Gasteiger charge is 2.13.